The van der Waals surface area contributed by atoms with Gasteiger partial charge in [-0.05, 0) is 25.7 Å². The van der Waals surface area contributed by atoms with E-state index in [0.29, 0.717) is 0 Å². The van der Waals surface area contributed by atoms with Crippen molar-refractivity contribution < 1.29 is 18.3 Å². The molecule has 1 atom stereocenters. The van der Waals surface area contributed by atoms with Gasteiger partial charge in [-0.15, -0.1) is 0 Å². The molecule has 3 fully saturated rings. The highest BCUT2D eigenvalue weighted by atomic mass is 19.3. The number of rotatable bonds is 0. The van der Waals surface area contributed by atoms with Gasteiger partial charge in [0, 0.05) is 5.41 Å². The summed E-state index contributed by atoms with van der Waals surface area (Å²) in [5.41, 5.74) is -3.00. The van der Waals surface area contributed by atoms with Crippen LogP contribution in [0.3, 0.4) is 0 Å². The van der Waals surface area contributed by atoms with Gasteiger partial charge in [-0.2, -0.15) is 0 Å². The van der Waals surface area contributed by atoms with Gasteiger partial charge >= 0.3 is 0 Å². The Hall–Kier alpha value is -0.250. The first-order valence-corrected chi connectivity index (χ1v) is 4.56. The number of aliphatic hydroxyl groups is 1. The van der Waals surface area contributed by atoms with Gasteiger partial charge < -0.3 is 5.11 Å². The van der Waals surface area contributed by atoms with Crippen LogP contribution in [-0.4, -0.2) is 22.8 Å². The van der Waals surface area contributed by atoms with Crippen molar-refractivity contribution in [2.75, 3.05) is 0 Å². The van der Waals surface area contributed by atoms with Crippen molar-refractivity contribution in [2.24, 2.45) is 5.41 Å². The molecule has 1 N–H and O–H groups in total. The fourth-order valence-corrected chi connectivity index (χ4v) is 2.46. The summed E-state index contributed by atoms with van der Waals surface area (Å²) < 4.78 is 40.1. The molecule has 0 aromatic heterocycles. The summed E-state index contributed by atoms with van der Waals surface area (Å²) in [6, 6.07) is 0. The van der Waals surface area contributed by atoms with Gasteiger partial charge in [-0.1, -0.05) is 6.92 Å². The third-order valence-corrected chi connectivity index (χ3v) is 3.81. The van der Waals surface area contributed by atoms with Crippen LogP contribution in [0.25, 0.3) is 0 Å². The van der Waals surface area contributed by atoms with Crippen LogP contribution in [0.1, 0.15) is 32.6 Å². The molecular weight excluding hydrogens is 181 g/mol. The molecule has 4 heteroatoms. The zero-order valence-corrected chi connectivity index (χ0v) is 7.49. The molecule has 76 valence electrons. The van der Waals surface area contributed by atoms with E-state index in [1.807, 2.05) is 0 Å². The predicted molar refractivity (Wildman–Crippen MR) is 41.4 cm³/mol. The zero-order chi connectivity index (χ0) is 9.91. The summed E-state index contributed by atoms with van der Waals surface area (Å²) in [6.07, 6.45) is -1.61. The fourth-order valence-electron chi connectivity index (χ4n) is 2.46. The van der Waals surface area contributed by atoms with Gasteiger partial charge in [0.25, 0.3) is 5.92 Å². The average Bonchev–Trinajstić information content (AvgIpc) is 2.07. The van der Waals surface area contributed by atoms with Crippen LogP contribution in [-0.2, 0) is 0 Å². The molecule has 0 aromatic carbocycles. The van der Waals surface area contributed by atoms with E-state index in [2.05, 4.69) is 0 Å². The molecule has 2 bridgehead atoms. The first-order valence-electron chi connectivity index (χ1n) is 4.56. The lowest BCUT2D eigenvalue weighted by atomic mass is 9.56. The molecule has 0 radical (unpaired) electrons. The van der Waals surface area contributed by atoms with E-state index in [1.165, 1.54) is 6.92 Å². The van der Waals surface area contributed by atoms with E-state index in [4.69, 9.17) is 0 Å². The SMILES string of the molecule is CC12CCC(O)(CC1)C(F)C2(F)F. The molecule has 0 heterocycles. The summed E-state index contributed by atoms with van der Waals surface area (Å²) in [5, 5.41) is 9.58. The Labute approximate surface area is 74.9 Å². The van der Waals surface area contributed by atoms with Crippen LogP contribution in [0.4, 0.5) is 13.2 Å². The van der Waals surface area contributed by atoms with Crippen LogP contribution >= 0.6 is 0 Å². The molecule has 0 spiro atoms. The van der Waals surface area contributed by atoms with Gasteiger partial charge in [0.2, 0.25) is 0 Å². The van der Waals surface area contributed by atoms with Crippen LogP contribution in [0, 0.1) is 5.41 Å². The van der Waals surface area contributed by atoms with E-state index in [9.17, 15) is 18.3 Å². The highest BCUT2D eigenvalue weighted by Crippen LogP contribution is 2.60. The molecule has 0 aromatic rings. The molecule has 0 saturated heterocycles. The number of hydrogen-bond donors (Lipinski definition) is 1. The van der Waals surface area contributed by atoms with Gasteiger partial charge in [0.1, 0.15) is 5.60 Å². The van der Waals surface area contributed by atoms with Crippen molar-refractivity contribution in [3.05, 3.63) is 0 Å². The third kappa shape index (κ3) is 0.925. The van der Waals surface area contributed by atoms with Gasteiger partial charge in [-0.3, -0.25) is 0 Å². The van der Waals surface area contributed by atoms with Gasteiger partial charge in [-0.25, -0.2) is 13.2 Å². The third-order valence-electron chi connectivity index (χ3n) is 3.81. The van der Waals surface area contributed by atoms with Crippen molar-refractivity contribution in [2.45, 2.75) is 50.3 Å². The van der Waals surface area contributed by atoms with E-state index in [0.717, 1.165) is 0 Å². The largest absolute Gasteiger partial charge is 0.387 e. The molecule has 0 aliphatic heterocycles. The maximum absolute atomic E-state index is 13.4. The smallest absolute Gasteiger partial charge is 0.286 e. The first-order chi connectivity index (χ1) is 5.82. The van der Waals surface area contributed by atoms with Crippen LogP contribution in [0.2, 0.25) is 0 Å². The number of fused-ring (bicyclic) bond motifs is 3. The minimum absolute atomic E-state index is 0.167. The summed E-state index contributed by atoms with van der Waals surface area (Å²) in [5.74, 6) is -3.36. The fraction of sp³-hybridized carbons (Fsp3) is 1.00. The van der Waals surface area contributed by atoms with Crippen molar-refractivity contribution >= 4 is 0 Å². The second-order valence-electron chi connectivity index (χ2n) is 4.65. The Bertz CT molecular complexity index is 231. The Balaban J connectivity index is 2.41. The predicted octanol–water partition coefficient (Wildman–Crippen LogP) is 2.28. The maximum atomic E-state index is 13.4. The molecule has 3 saturated carbocycles. The maximum Gasteiger partial charge on any atom is 0.286 e. The summed E-state index contributed by atoms with van der Waals surface area (Å²) >= 11 is 0. The first kappa shape index (κ1) is 9.31. The van der Waals surface area contributed by atoms with E-state index in [1.54, 1.807) is 0 Å². The summed E-state index contributed by atoms with van der Waals surface area (Å²) in [7, 11) is 0. The molecule has 13 heavy (non-hydrogen) atoms. The number of halogens is 3. The Morgan fingerprint density at radius 3 is 2.00 bits per heavy atom. The summed E-state index contributed by atoms with van der Waals surface area (Å²) in [4.78, 5) is 0. The Morgan fingerprint density at radius 2 is 1.62 bits per heavy atom. The lowest BCUT2D eigenvalue weighted by molar-refractivity contribution is -0.283. The van der Waals surface area contributed by atoms with Crippen molar-refractivity contribution in [3.8, 4) is 0 Å². The summed E-state index contributed by atoms with van der Waals surface area (Å²) in [6.45, 7) is 1.42. The van der Waals surface area contributed by atoms with E-state index < -0.39 is 23.1 Å². The Morgan fingerprint density at radius 1 is 1.15 bits per heavy atom. The normalized spacial score (nSPS) is 53.8. The van der Waals surface area contributed by atoms with Crippen molar-refractivity contribution in [1.29, 1.82) is 0 Å². The highest BCUT2D eigenvalue weighted by Gasteiger charge is 2.69. The van der Waals surface area contributed by atoms with Crippen LogP contribution in [0.15, 0.2) is 0 Å². The molecule has 3 aliphatic rings. The van der Waals surface area contributed by atoms with Gasteiger partial charge in [0.15, 0.2) is 6.17 Å². The topological polar surface area (TPSA) is 20.2 Å². The lowest BCUT2D eigenvalue weighted by Crippen LogP contribution is -2.65. The van der Waals surface area contributed by atoms with Crippen molar-refractivity contribution in [3.63, 3.8) is 0 Å². The second-order valence-corrected chi connectivity index (χ2v) is 4.65. The van der Waals surface area contributed by atoms with E-state index >= 15 is 0 Å². The second kappa shape index (κ2) is 2.22. The molecule has 0 amide bonds. The lowest BCUT2D eigenvalue weighted by Gasteiger charge is -2.55. The van der Waals surface area contributed by atoms with Crippen molar-refractivity contribution in [1.82, 2.24) is 0 Å². The van der Waals surface area contributed by atoms with Gasteiger partial charge in [0.05, 0.1) is 0 Å². The molecule has 1 unspecified atom stereocenters. The van der Waals surface area contributed by atoms with Crippen LogP contribution < -0.4 is 0 Å². The quantitative estimate of drug-likeness (QED) is 0.627. The number of hydrogen-bond acceptors (Lipinski definition) is 1. The van der Waals surface area contributed by atoms with E-state index in [-0.39, 0.29) is 25.7 Å². The zero-order valence-electron chi connectivity index (χ0n) is 7.49. The molecule has 3 rings (SSSR count). The van der Waals surface area contributed by atoms with Crippen LogP contribution in [0.5, 0.6) is 0 Å². The molecular formula is C9H13F3O. The minimum atomic E-state index is -3.36. The monoisotopic (exact) mass is 194 g/mol. The standard InChI is InChI=1S/C9H13F3O/c1-7-2-4-8(13,5-3-7)6(10)9(7,11)12/h6,13H,2-5H2,1H3. The number of alkyl halides is 3. The highest BCUT2D eigenvalue weighted by molar-refractivity contribution is 5.13. The molecule has 1 nitrogen and oxygen atoms in total. The molecule has 3 aliphatic carbocycles. The average molecular weight is 194 g/mol. The minimum Gasteiger partial charge on any atom is -0.387 e. The Kier molecular flexibility index (Phi) is 1.59.